The number of nitrogen functional groups attached to an aromatic ring is 2. The Hall–Kier alpha value is -5.70. The third-order valence-corrected chi connectivity index (χ3v) is 12.0. The van der Waals surface area contributed by atoms with Gasteiger partial charge < -0.3 is 32.3 Å². The fraction of sp³-hybridized carbons (Fsp3) is 0.0652. The molecule has 0 amide bonds. The van der Waals surface area contributed by atoms with Crippen molar-refractivity contribution in [3.8, 4) is 0 Å². The topological polar surface area (TPSA) is 130 Å². The van der Waals surface area contributed by atoms with Crippen LogP contribution in [0.4, 0.5) is 51.7 Å². The largest absolute Gasteiger partial charge is 0.398 e. The molecule has 1 aliphatic heterocycles. The fourth-order valence-corrected chi connectivity index (χ4v) is 8.51. The van der Waals surface area contributed by atoms with Gasteiger partial charge in [-0.15, -0.1) is 50.5 Å². The molecule has 0 saturated heterocycles. The number of nitrogens with two attached hydrogens (primary N) is 2. The Bertz CT molecular complexity index is 3210. The van der Waals surface area contributed by atoms with Crippen LogP contribution in [0.3, 0.4) is 0 Å². The predicted molar refractivity (Wildman–Crippen MR) is 267 cm³/mol. The number of aromatic nitrogens is 3. The summed E-state index contributed by atoms with van der Waals surface area (Å²) in [5.74, 6) is 1.22. The van der Waals surface area contributed by atoms with Crippen molar-refractivity contribution in [3.63, 3.8) is 0 Å². The minimum absolute atomic E-state index is 0.341. The van der Waals surface area contributed by atoms with E-state index in [4.69, 9.17) is 53.3 Å². The second kappa shape index (κ2) is 16.4. The number of fused-ring (bicyclic) bond motifs is 3. The molecule has 2 heterocycles. The maximum Gasteiger partial charge on any atom is 0.232 e. The molecule has 0 unspecified atom stereocenters. The van der Waals surface area contributed by atoms with Crippen LogP contribution in [-0.4, -0.2) is 22.0 Å². The van der Waals surface area contributed by atoms with E-state index in [9.17, 15) is 0 Å². The van der Waals surface area contributed by atoms with Gasteiger partial charge in [0, 0.05) is 81.9 Å². The molecule has 0 bridgehead atoms. The van der Waals surface area contributed by atoms with Crippen LogP contribution in [0.1, 0.15) is 11.4 Å². The van der Waals surface area contributed by atoms with Gasteiger partial charge in [0.15, 0.2) is 0 Å². The summed E-state index contributed by atoms with van der Waals surface area (Å²) >= 11 is 24.3. The standard InChI is InChI=1S/C39H32N8S4.C7H8ClN/c1-18-11-26-24-8-6-5-7-23(24)19(2)36-28(9-10-32(37(26)36)47(18)4)43-30-16-31(35(51)17-34(30)50)45-39-42-20(3)41-38(46-39)44-29-14-22(48)12-21-13-33(49)27(40)15-25(21)29;1-5-2-3-6(8)4-7(5)9/h5-17,43,48-51H,1-2,40H2,3-4H3,(H2,41,42,44,45,46);2-4H,9H2,1H3. The summed E-state index contributed by atoms with van der Waals surface area (Å²) in [6.07, 6.45) is 2.15. The van der Waals surface area contributed by atoms with Crippen molar-refractivity contribution in [3.05, 3.63) is 130 Å². The van der Waals surface area contributed by atoms with Crippen LogP contribution in [0.5, 0.6) is 0 Å². The Morgan fingerprint density at radius 1 is 0.633 bits per heavy atom. The first-order valence-corrected chi connectivity index (χ1v) is 20.8. The van der Waals surface area contributed by atoms with Gasteiger partial charge in [-0.1, -0.05) is 55.1 Å². The molecule has 14 heteroatoms. The van der Waals surface area contributed by atoms with Crippen LogP contribution in [0.15, 0.2) is 123 Å². The van der Waals surface area contributed by atoms with Crippen LogP contribution >= 0.6 is 62.1 Å². The lowest BCUT2D eigenvalue weighted by Gasteiger charge is -2.28. The molecule has 0 aliphatic carbocycles. The molecule has 7 N–H and O–H groups in total. The average Bonchev–Trinajstić information content (AvgIpc) is 3.19. The van der Waals surface area contributed by atoms with Crippen LogP contribution in [0, 0.1) is 13.8 Å². The van der Waals surface area contributed by atoms with Crippen molar-refractivity contribution < 1.29 is 0 Å². The van der Waals surface area contributed by atoms with E-state index in [0.29, 0.717) is 43.9 Å². The molecule has 9 rings (SSSR count). The molecule has 1 aromatic heterocycles. The summed E-state index contributed by atoms with van der Waals surface area (Å²) in [5, 5.41) is 19.3. The third-order valence-electron chi connectivity index (χ3n) is 10.3. The Morgan fingerprint density at radius 2 is 1.32 bits per heavy atom. The van der Waals surface area contributed by atoms with Crippen LogP contribution in [0.25, 0.3) is 45.0 Å². The van der Waals surface area contributed by atoms with E-state index in [1.807, 2.05) is 75.5 Å². The number of nitrogens with zero attached hydrogens (tertiary/aromatic N) is 4. The van der Waals surface area contributed by atoms with E-state index in [0.717, 1.165) is 92.2 Å². The number of anilines is 9. The molecule has 0 fully saturated rings. The zero-order valence-corrected chi connectivity index (χ0v) is 37.1. The van der Waals surface area contributed by atoms with Crippen molar-refractivity contribution in [2.24, 2.45) is 0 Å². The first-order chi connectivity index (χ1) is 28.6. The van der Waals surface area contributed by atoms with Gasteiger partial charge in [0.1, 0.15) is 5.82 Å². The van der Waals surface area contributed by atoms with Gasteiger partial charge in [-0.25, -0.2) is 0 Å². The number of thiol groups is 4. The van der Waals surface area contributed by atoms with Gasteiger partial charge in [0.2, 0.25) is 11.9 Å². The summed E-state index contributed by atoms with van der Waals surface area (Å²) in [5.41, 5.74) is 19.2. The smallest absolute Gasteiger partial charge is 0.232 e. The molecule has 7 aromatic carbocycles. The van der Waals surface area contributed by atoms with E-state index in [-0.39, 0.29) is 0 Å². The predicted octanol–water partition coefficient (Wildman–Crippen LogP) is 11.0. The molecule has 9 nitrogen and oxygen atoms in total. The summed E-state index contributed by atoms with van der Waals surface area (Å²) in [6.45, 7) is 12.6. The summed E-state index contributed by atoms with van der Waals surface area (Å²) in [7, 11) is 2.04. The first kappa shape index (κ1) is 41.1. The highest BCUT2D eigenvalue weighted by molar-refractivity contribution is 7.81. The molecule has 0 radical (unpaired) electrons. The molecular formula is C46H40ClN9S4. The second-order valence-corrected chi connectivity index (χ2v) is 16.8. The normalized spacial score (nSPS) is 12.0. The number of nitrogens with one attached hydrogen (secondary N) is 3. The Balaban J connectivity index is 0.000000493. The van der Waals surface area contributed by atoms with E-state index < -0.39 is 0 Å². The number of halogens is 1. The molecule has 300 valence electrons. The SMILES string of the molecule is C=C1C=c2c3ccccc3c(=C)c3c(Nc4cc(Nc5nc(C)nc(Nc6cc(S)cc7cc(S)c(N)cc67)n5)c(S)cc4S)ccc(c23)N1C.Cc1ccc(Cl)cc1N. The monoisotopic (exact) mass is 881 g/mol. The average molecular weight is 883 g/mol. The van der Waals surface area contributed by atoms with Gasteiger partial charge in [-0.2, -0.15) is 15.0 Å². The number of hydrogen-bond acceptors (Lipinski definition) is 13. The van der Waals surface area contributed by atoms with Gasteiger partial charge in [-0.3, -0.25) is 0 Å². The Kier molecular flexibility index (Phi) is 11.2. The highest BCUT2D eigenvalue weighted by Crippen LogP contribution is 2.39. The van der Waals surface area contributed by atoms with E-state index in [1.165, 1.54) is 0 Å². The first-order valence-electron chi connectivity index (χ1n) is 18.6. The quantitative estimate of drug-likeness (QED) is 0.0455. The van der Waals surface area contributed by atoms with Gasteiger partial charge in [0.25, 0.3) is 0 Å². The van der Waals surface area contributed by atoms with E-state index in [1.54, 1.807) is 6.07 Å². The van der Waals surface area contributed by atoms with E-state index in [2.05, 4.69) is 106 Å². The lowest BCUT2D eigenvalue weighted by Crippen LogP contribution is -2.26. The third kappa shape index (κ3) is 7.98. The molecule has 0 spiro atoms. The molecule has 0 atom stereocenters. The molecular weight excluding hydrogens is 842 g/mol. The number of rotatable bonds is 6. The maximum atomic E-state index is 6.19. The minimum Gasteiger partial charge on any atom is -0.398 e. The number of allylic oxidation sites excluding steroid dienone is 1. The minimum atomic E-state index is 0.341. The Morgan fingerprint density at radius 3 is 2.02 bits per heavy atom. The molecule has 60 heavy (non-hydrogen) atoms. The molecule has 1 aliphatic rings. The van der Waals surface area contributed by atoms with E-state index >= 15 is 0 Å². The highest BCUT2D eigenvalue weighted by atomic mass is 35.5. The summed E-state index contributed by atoms with van der Waals surface area (Å²) in [6, 6.07) is 29.5. The Labute approximate surface area is 374 Å². The van der Waals surface area contributed by atoms with Crippen LogP contribution < -0.4 is 42.8 Å². The van der Waals surface area contributed by atoms with Crippen molar-refractivity contribution in [2.45, 2.75) is 33.4 Å². The highest BCUT2D eigenvalue weighted by Gasteiger charge is 2.20. The molecule has 0 saturated carbocycles. The maximum absolute atomic E-state index is 6.19. The van der Waals surface area contributed by atoms with Crippen molar-refractivity contribution in [1.82, 2.24) is 15.0 Å². The lowest BCUT2D eigenvalue weighted by molar-refractivity contribution is 0.988. The van der Waals surface area contributed by atoms with Gasteiger partial charge in [0.05, 0.1) is 11.4 Å². The van der Waals surface area contributed by atoms with Crippen molar-refractivity contribution in [1.29, 1.82) is 0 Å². The molecule has 8 aromatic rings. The fourth-order valence-electron chi connectivity index (χ4n) is 7.25. The van der Waals surface area contributed by atoms with Crippen LogP contribution in [0.2, 0.25) is 5.02 Å². The zero-order valence-electron chi connectivity index (χ0n) is 32.8. The number of benzene rings is 7. The zero-order chi connectivity index (χ0) is 42.6. The number of hydrogen-bond donors (Lipinski definition) is 9. The number of aryl methyl sites for hydroxylation is 2. The van der Waals surface area contributed by atoms with Gasteiger partial charge >= 0.3 is 0 Å². The second-order valence-electron chi connectivity index (χ2n) is 14.4. The summed E-state index contributed by atoms with van der Waals surface area (Å²) < 4.78 is 0. The van der Waals surface area contributed by atoms with Crippen molar-refractivity contribution >= 4 is 159 Å². The lowest BCUT2D eigenvalue weighted by atomic mass is 9.93. The summed E-state index contributed by atoms with van der Waals surface area (Å²) in [4.78, 5) is 18.8. The van der Waals surface area contributed by atoms with Crippen LogP contribution in [-0.2, 0) is 0 Å². The van der Waals surface area contributed by atoms with Gasteiger partial charge in [-0.05, 0) is 113 Å². The van der Waals surface area contributed by atoms with Crippen molar-refractivity contribution in [2.75, 3.05) is 39.4 Å².